The van der Waals surface area contributed by atoms with Gasteiger partial charge in [0.05, 0.1) is 11.7 Å². The minimum absolute atomic E-state index is 0.00885. The van der Waals surface area contributed by atoms with Gasteiger partial charge in [0.25, 0.3) is 0 Å². The number of hydrogen-bond acceptors (Lipinski definition) is 3. The van der Waals surface area contributed by atoms with Crippen molar-refractivity contribution < 1.29 is 13.2 Å². The Hall–Kier alpha value is -1.11. The fourth-order valence-electron chi connectivity index (χ4n) is 3.73. The number of benzene rings is 1. The minimum atomic E-state index is -3.45. The highest BCUT2D eigenvalue weighted by Gasteiger charge is 2.33. The summed E-state index contributed by atoms with van der Waals surface area (Å²) in [5.41, 5.74) is 0.671. The molecule has 138 valence electrons. The van der Waals surface area contributed by atoms with Crippen molar-refractivity contribution >= 4 is 27.5 Å². The van der Waals surface area contributed by atoms with Gasteiger partial charge in [-0.1, -0.05) is 36.6 Å². The van der Waals surface area contributed by atoms with Gasteiger partial charge in [0.1, 0.15) is 0 Å². The molecule has 1 heterocycles. The molecular weight excluding hydrogens is 360 g/mol. The normalized spacial score (nSPS) is 22.8. The second-order valence-corrected chi connectivity index (χ2v) is 9.48. The molecule has 1 amide bonds. The molecule has 5 nitrogen and oxygen atoms in total. The molecule has 1 atom stereocenters. The predicted molar refractivity (Wildman–Crippen MR) is 98.8 cm³/mol. The molecule has 1 aliphatic heterocycles. The van der Waals surface area contributed by atoms with Crippen molar-refractivity contribution in [1.82, 2.24) is 9.62 Å². The molecule has 0 spiro atoms. The van der Waals surface area contributed by atoms with Gasteiger partial charge >= 0.3 is 0 Å². The number of nitrogens with zero attached hydrogens (tertiary/aromatic N) is 1. The van der Waals surface area contributed by atoms with Crippen LogP contribution in [0.1, 0.15) is 44.1 Å². The quantitative estimate of drug-likeness (QED) is 0.848. The number of nitrogens with one attached hydrogen (secondary N) is 1. The van der Waals surface area contributed by atoms with E-state index in [0.29, 0.717) is 17.1 Å². The Morgan fingerprint density at radius 2 is 1.96 bits per heavy atom. The topological polar surface area (TPSA) is 66.5 Å². The summed E-state index contributed by atoms with van der Waals surface area (Å²) in [5, 5.41) is 3.63. The number of amides is 1. The fraction of sp³-hybridized carbons (Fsp3) is 0.611. The van der Waals surface area contributed by atoms with E-state index < -0.39 is 10.0 Å². The van der Waals surface area contributed by atoms with E-state index in [1.54, 1.807) is 24.3 Å². The van der Waals surface area contributed by atoms with E-state index in [1.165, 1.54) is 4.31 Å². The number of halogens is 1. The lowest BCUT2D eigenvalue weighted by Gasteiger charge is -2.32. The van der Waals surface area contributed by atoms with Crippen molar-refractivity contribution in [1.29, 1.82) is 0 Å². The molecule has 1 N–H and O–H groups in total. The Bertz CT molecular complexity index is 717. The standard InChI is InChI=1S/C18H25ClN2O3S/c19-16-7-3-5-14(11-16)13-25(23,24)21-10-4-6-15(12-21)18(22)20-17-8-1-2-9-17/h3,5,7,11,15,17H,1-2,4,6,8-10,12-13H2,(H,20,22)/t15-/m0/s1. The Morgan fingerprint density at radius 1 is 1.20 bits per heavy atom. The molecule has 3 rings (SSSR count). The average molecular weight is 385 g/mol. The number of hydrogen-bond donors (Lipinski definition) is 1. The second kappa shape index (κ2) is 8.06. The van der Waals surface area contributed by atoms with Gasteiger partial charge < -0.3 is 5.32 Å². The second-order valence-electron chi connectivity index (χ2n) is 7.07. The SMILES string of the molecule is O=C(NC1CCCC1)[C@H]1CCCN(S(=O)(=O)Cc2cccc(Cl)c2)C1. The van der Waals surface area contributed by atoms with Crippen LogP contribution in [0.3, 0.4) is 0 Å². The van der Waals surface area contributed by atoms with Crippen molar-refractivity contribution in [2.24, 2.45) is 5.92 Å². The highest BCUT2D eigenvalue weighted by atomic mass is 35.5. The third-order valence-corrected chi connectivity index (χ3v) is 7.14. The van der Waals surface area contributed by atoms with Crippen LogP contribution in [-0.2, 0) is 20.6 Å². The molecular formula is C18H25ClN2O3S. The molecule has 1 aromatic carbocycles. The highest BCUT2D eigenvalue weighted by molar-refractivity contribution is 7.88. The Labute approximate surface area is 154 Å². The summed E-state index contributed by atoms with van der Waals surface area (Å²) in [4.78, 5) is 12.5. The van der Waals surface area contributed by atoms with E-state index in [-0.39, 0.29) is 30.2 Å². The van der Waals surface area contributed by atoms with Crippen molar-refractivity contribution in [3.8, 4) is 0 Å². The van der Waals surface area contributed by atoms with E-state index in [1.807, 2.05) is 0 Å². The van der Waals surface area contributed by atoms with Gasteiger partial charge in [0.15, 0.2) is 0 Å². The van der Waals surface area contributed by atoms with Gasteiger partial charge in [0.2, 0.25) is 15.9 Å². The zero-order valence-corrected chi connectivity index (χ0v) is 15.9. The molecule has 1 aliphatic carbocycles. The zero-order valence-electron chi connectivity index (χ0n) is 14.3. The van der Waals surface area contributed by atoms with Crippen LogP contribution in [0.5, 0.6) is 0 Å². The van der Waals surface area contributed by atoms with Crippen LogP contribution >= 0.6 is 11.6 Å². The highest BCUT2D eigenvalue weighted by Crippen LogP contribution is 2.24. The Morgan fingerprint density at radius 3 is 2.68 bits per heavy atom. The first-order valence-electron chi connectivity index (χ1n) is 8.97. The van der Waals surface area contributed by atoms with Gasteiger partial charge in [-0.3, -0.25) is 4.79 Å². The van der Waals surface area contributed by atoms with E-state index in [9.17, 15) is 13.2 Å². The van der Waals surface area contributed by atoms with Crippen LogP contribution in [0.2, 0.25) is 5.02 Å². The lowest BCUT2D eigenvalue weighted by Crippen LogP contribution is -2.47. The summed E-state index contributed by atoms with van der Waals surface area (Å²) >= 11 is 5.94. The number of rotatable bonds is 5. The van der Waals surface area contributed by atoms with Crippen molar-refractivity contribution in [3.05, 3.63) is 34.9 Å². The molecule has 1 saturated carbocycles. The largest absolute Gasteiger partial charge is 0.353 e. The summed E-state index contributed by atoms with van der Waals surface area (Å²) in [6.07, 6.45) is 5.87. The maximum absolute atomic E-state index is 12.7. The first-order valence-corrected chi connectivity index (χ1v) is 11.0. The summed E-state index contributed by atoms with van der Waals surface area (Å²) < 4.78 is 26.9. The van der Waals surface area contributed by atoms with Gasteiger partial charge in [-0.15, -0.1) is 0 Å². The maximum Gasteiger partial charge on any atom is 0.224 e. The summed E-state index contributed by atoms with van der Waals surface area (Å²) in [6, 6.07) is 7.18. The third-order valence-electron chi connectivity index (χ3n) is 5.09. The lowest BCUT2D eigenvalue weighted by molar-refractivity contribution is -0.126. The zero-order chi connectivity index (χ0) is 17.9. The van der Waals surface area contributed by atoms with E-state index in [4.69, 9.17) is 11.6 Å². The minimum Gasteiger partial charge on any atom is -0.353 e. The Balaban J connectivity index is 1.62. The monoisotopic (exact) mass is 384 g/mol. The molecule has 0 unspecified atom stereocenters. The van der Waals surface area contributed by atoms with Crippen LogP contribution in [0.4, 0.5) is 0 Å². The molecule has 1 aromatic rings. The molecule has 2 fully saturated rings. The first kappa shape index (κ1) is 18.7. The van der Waals surface area contributed by atoms with Crippen molar-refractivity contribution in [2.75, 3.05) is 13.1 Å². The number of carbonyl (C=O) groups excluding carboxylic acids is 1. The summed E-state index contributed by atoms with van der Waals surface area (Å²) in [6.45, 7) is 0.761. The maximum atomic E-state index is 12.7. The van der Waals surface area contributed by atoms with Gasteiger partial charge in [-0.2, -0.15) is 0 Å². The van der Waals surface area contributed by atoms with Gasteiger partial charge in [-0.25, -0.2) is 12.7 Å². The molecule has 2 aliphatic rings. The molecule has 0 bridgehead atoms. The number of piperidine rings is 1. The van der Waals surface area contributed by atoms with Crippen molar-refractivity contribution in [3.63, 3.8) is 0 Å². The van der Waals surface area contributed by atoms with Gasteiger partial charge in [-0.05, 0) is 43.4 Å². The number of carbonyl (C=O) groups is 1. The van der Waals surface area contributed by atoms with E-state index >= 15 is 0 Å². The van der Waals surface area contributed by atoms with Crippen molar-refractivity contribution in [2.45, 2.75) is 50.3 Å². The van der Waals surface area contributed by atoms with Crippen LogP contribution in [-0.4, -0.2) is 37.8 Å². The van der Waals surface area contributed by atoms with Crippen LogP contribution in [0, 0.1) is 5.92 Å². The lowest BCUT2D eigenvalue weighted by atomic mass is 9.98. The Kier molecular flexibility index (Phi) is 6.02. The van der Waals surface area contributed by atoms with Crippen LogP contribution in [0.25, 0.3) is 0 Å². The predicted octanol–water partition coefficient (Wildman–Crippen LogP) is 2.94. The molecule has 7 heteroatoms. The first-order chi connectivity index (χ1) is 11.9. The van der Waals surface area contributed by atoms with E-state index in [2.05, 4.69) is 5.32 Å². The smallest absolute Gasteiger partial charge is 0.224 e. The molecule has 0 radical (unpaired) electrons. The van der Waals surface area contributed by atoms with Gasteiger partial charge in [0, 0.05) is 24.2 Å². The number of sulfonamides is 1. The fourth-order valence-corrected chi connectivity index (χ4v) is 5.54. The molecule has 25 heavy (non-hydrogen) atoms. The van der Waals surface area contributed by atoms with Crippen LogP contribution in [0.15, 0.2) is 24.3 Å². The summed E-state index contributed by atoms with van der Waals surface area (Å²) in [7, 11) is -3.45. The summed E-state index contributed by atoms with van der Waals surface area (Å²) in [5.74, 6) is -0.317. The average Bonchev–Trinajstić information content (AvgIpc) is 3.07. The molecule has 1 saturated heterocycles. The van der Waals surface area contributed by atoms with Crippen LogP contribution < -0.4 is 5.32 Å². The molecule has 0 aromatic heterocycles. The third kappa shape index (κ3) is 4.96. The van der Waals surface area contributed by atoms with E-state index in [0.717, 1.165) is 38.5 Å².